The lowest BCUT2D eigenvalue weighted by Crippen LogP contribution is -2.18. The second-order valence-electron chi connectivity index (χ2n) is 4.90. The molecule has 2 aromatic rings. The van der Waals surface area contributed by atoms with Crippen LogP contribution < -0.4 is 10.1 Å². The third kappa shape index (κ3) is 4.04. The molecular formula is C17H9Cl2NO4S. The third-order valence-electron chi connectivity index (χ3n) is 3.21. The fourth-order valence-electron chi connectivity index (χ4n) is 2.07. The van der Waals surface area contributed by atoms with Crippen LogP contribution in [0.4, 0.5) is 4.79 Å². The predicted molar refractivity (Wildman–Crippen MR) is 97.0 cm³/mol. The number of ether oxygens (including phenoxy) is 1. The van der Waals surface area contributed by atoms with Gasteiger partial charge in [0.25, 0.3) is 11.1 Å². The summed E-state index contributed by atoms with van der Waals surface area (Å²) in [7, 11) is 0. The Labute approximate surface area is 156 Å². The molecule has 1 heterocycles. The van der Waals surface area contributed by atoms with Crippen molar-refractivity contribution in [3.8, 4) is 5.75 Å². The summed E-state index contributed by atoms with van der Waals surface area (Å²) in [6.45, 7) is 0. The molecule has 8 heteroatoms. The van der Waals surface area contributed by atoms with Crippen molar-refractivity contribution in [3.05, 3.63) is 68.5 Å². The lowest BCUT2D eigenvalue weighted by molar-refractivity contribution is -0.115. The number of imide groups is 1. The number of rotatable bonds is 3. The molecule has 0 saturated carbocycles. The van der Waals surface area contributed by atoms with E-state index in [-0.39, 0.29) is 21.2 Å². The molecule has 1 saturated heterocycles. The standard InChI is InChI=1S/C17H9Cl2NO4S/c18-12-6-5-10(8-13(12)19)24-16(22)11-4-2-1-3-9(11)7-14-15(21)20-17(23)25-14/h1-8H,(H,20,21,23)/b14-7+. The molecule has 0 unspecified atom stereocenters. The van der Waals surface area contributed by atoms with E-state index in [0.717, 1.165) is 11.8 Å². The highest BCUT2D eigenvalue weighted by Crippen LogP contribution is 2.29. The monoisotopic (exact) mass is 393 g/mol. The van der Waals surface area contributed by atoms with Crippen LogP contribution in [-0.2, 0) is 4.79 Å². The minimum Gasteiger partial charge on any atom is -0.423 e. The Morgan fingerprint density at radius 1 is 1.08 bits per heavy atom. The third-order valence-corrected chi connectivity index (χ3v) is 4.76. The molecule has 126 valence electrons. The average Bonchev–Trinajstić information content (AvgIpc) is 2.89. The Morgan fingerprint density at radius 3 is 2.52 bits per heavy atom. The maximum Gasteiger partial charge on any atom is 0.344 e. The first-order chi connectivity index (χ1) is 11.9. The molecule has 1 N–H and O–H groups in total. The van der Waals surface area contributed by atoms with Gasteiger partial charge in [0.2, 0.25) is 0 Å². The summed E-state index contributed by atoms with van der Waals surface area (Å²) in [4.78, 5) is 35.6. The van der Waals surface area contributed by atoms with E-state index in [4.69, 9.17) is 27.9 Å². The first-order valence-corrected chi connectivity index (χ1v) is 8.52. The van der Waals surface area contributed by atoms with Gasteiger partial charge in [0, 0.05) is 6.07 Å². The molecule has 0 atom stereocenters. The lowest BCUT2D eigenvalue weighted by Gasteiger charge is -2.08. The van der Waals surface area contributed by atoms with Crippen LogP contribution in [0.3, 0.4) is 0 Å². The Morgan fingerprint density at radius 2 is 1.84 bits per heavy atom. The van der Waals surface area contributed by atoms with Gasteiger partial charge in [-0.05, 0) is 41.6 Å². The molecule has 2 aromatic carbocycles. The van der Waals surface area contributed by atoms with Gasteiger partial charge in [-0.3, -0.25) is 14.9 Å². The predicted octanol–water partition coefficient (Wildman–Crippen LogP) is 4.54. The van der Waals surface area contributed by atoms with E-state index >= 15 is 0 Å². The zero-order valence-corrected chi connectivity index (χ0v) is 14.7. The summed E-state index contributed by atoms with van der Waals surface area (Å²) in [5.41, 5.74) is 0.703. The van der Waals surface area contributed by atoms with Crippen LogP contribution >= 0.6 is 35.0 Å². The Hall–Kier alpha value is -2.28. The Balaban J connectivity index is 1.88. The van der Waals surface area contributed by atoms with Crippen LogP contribution in [0.15, 0.2) is 47.4 Å². The minimum absolute atomic E-state index is 0.208. The summed E-state index contributed by atoms with van der Waals surface area (Å²) in [5, 5.41) is 2.32. The molecule has 1 aliphatic rings. The van der Waals surface area contributed by atoms with Crippen molar-refractivity contribution in [1.29, 1.82) is 0 Å². The second-order valence-corrected chi connectivity index (χ2v) is 6.73. The van der Waals surface area contributed by atoms with E-state index in [1.807, 2.05) is 0 Å². The van der Waals surface area contributed by atoms with Gasteiger partial charge in [0.05, 0.1) is 20.5 Å². The molecule has 2 amide bonds. The zero-order valence-electron chi connectivity index (χ0n) is 12.4. The number of amides is 2. The molecule has 5 nitrogen and oxygen atoms in total. The summed E-state index contributed by atoms with van der Waals surface area (Å²) in [5.74, 6) is -0.881. The van der Waals surface area contributed by atoms with Gasteiger partial charge >= 0.3 is 5.97 Å². The van der Waals surface area contributed by atoms with Crippen molar-refractivity contribution < 1.29 is 19.1 Å². The van der Waals surface area contributed by atoms with E-state index < -0.39 is 17.1 Å². The van der Waals surface area contributed by atoms with Gasteiger partial charge in [0.1, 0.15) is 5.75 Å². The fourth-order valence-corrected chi connectivity index (χ4v) is 3.03. The summed E-state index contributed by atoms with van der Waals surface area (Å²) in [6, 6.07) is 11.1. The van der Waals surface area contributed by atoms with Crippen molar-refractivity contribution in [1.82, 2.24) is 5.32 Å². The molecule has 25 heavy (non-hydrogen) atoms. The molecule has 1 aliphatic heterocycles. The Bertz CT molecular complexity index is 927. The first kappa shape index (κ1) is 17.5. The Kier molecular flexibility index (Phi) is 5.13. The van der Waals surface area contributed by atoms with Crippen molar-refractivity contribution in [3.63, 3.8) is 0 Å². The van der Waals surface area contributed by atoms with Gasteiger partial charge in [-0.25, -0.2) is 4.79 Å². The highest BCUT2D eigenvalue weighted by atomic mass is 35.5. The number of esters is 1. The number of benzene rings is 2. The van der Waals surface area contributed by atoms with Crippen LogP contribution in [0.5, 0.6) is 5.75 Å². The number of hydrogen-bond donors (Lipinski definition) is 1. The van der Waals surface area contributed by atoms with E-state index in [0.29, 0.717) is 10.6 Å². The van der Waals surface area contributed by atoms with Gasteiger partial charge in [-0.2, -0.15) is 0 Å². The average molecular weight is 394 g/mol. The van der Waals surface area contributed by atoms with Crippen molar-refractivity contribution in [2.45, 2.75) is 0 Å². The van der Waals surface area contributed by atoms with Crippen LogP contribution in [0.1, 0.15) is 15.9 Å². The van der Waals surface area contributed by atoms with Crippen LogP contribution in [0.25, 0.3) is 6.08 Å². The quantitative estimate of drug-likeness (QED) is 0.470. The topological polar surface area (TPSA) is 72.5 Å². The van der Waals surface area contributed by atoms with Crippen molar-refractivity contribution in [2.24, 2.45) is 0 Å². The van der Waals surface area contributed by atoms with E-state index in [1.165, 1.54) is 24.3 Å². The summed E-state index contributed by atoms with van der Waals surface area (Å²) in [6.07, 6.45) is 1.47. The van der Waals surface area contributed by atoms with Crippen molar-refractivity contribution in [2.75, 3.05) is 0 Å². The van der Waals surface area contributed by atoms with E-state index in [1.54, 1.807) is 24.3 Å². The van der Waals surface area contributed by atoms with Gasteiger partial charge < -0.3 is 4.74 Å². The second kappa shape index (κ2) is 7.31. The SMILES string of the molecule is O=C1NC(=O)/C(=C\c2ccccc2C(=O)Oc2ccc(Cl)c(Cl)c2)S1. The molecule has 1 fully saturated rings. The number of carbonyl (C=O) groups is 3. The van der Waals surface area contributed by atoms with Crippen molar-refractivity contribution >= 4 is 58.2 Å². The van der Waals surface area contributed by atoms with Crippen LogP contribution in [-0.4, -0.2) is 17.1 Å². The van der Waals surface area contributed by atoms with Crippen LogP contribution in [0.2, 0.25) is 10.0 Å². The largest absolute Gasteiger partial charge is 0.423 e. The van der Waals surface area contributed by atoms with E-state index in [2.05, 4.69) is 5.32 Å². The first-order valence-electron chi connectivity index (χ1n) is 6.95. The number of nitrogens with one attached hydrogen (secondary N) is 1. The number of hydrogen-bond acceptors (Lipinski definition) is 5. The van der Waals surface area contributed by atoms with Gasteiger partial charge in [0.15, 0.2) is 0 Å². The molecule has 0 bridgehead atoms. The number of thioether (sulfide) groups is 1. The van der Waals surface area contributed by atoms with E-state index in [9.17, 15) is 14.4 Å². The lowest BCUT2D eigenvalue weighted by atomic mass is 10.1. The number of halogens is 2. The summed E-state index contributed by atoms with van der Waals surface area (Å²) < 4.78 is 5.30. The molecular weight excluding hydrogens is 385 g/mol. The van der Waals surface area contributed by atoms with Gasteiger partial charge in [-0.1, -0.05) is 41.4 Å². The maximum absolute atomic E-state index is 12.4. The normalized spacial score (nSPS) is 15.4. The highest BCUT2D eigenvalue weighted by molar-refractivity contribution is 8.18. The number of carbonyl (C=O) groups excluding carboxylic acids is 3. The van der Waals surface area contributed by atoms with Crippen LogP contribution in [0, 0.1) is 0 Å². The smallest absolute Gasteiger partial charge is 0.344 e. The van der Waals surface area contributed by atoms with Gasteiger partial charge in [-0.15, -0.1) is 0 Å². The molecule has 0 radical (unpaired) electrons. The molecule has 0 aliphatic carbocycles. The maximum atomic E-state index is 12.4. The molecule has 0 aromatic heterocycles. The zero-order chi connectivity index (χ0) is 18.0. The fraction of sp³-hybridized carbons (Fsp3) is 0. The molecule has 0 spiro atoms. The summed E-state index contributed by atoms with van der Waals surface area (Å²) >= 11 is 12.5. The highest BCUT2D eigenvalue weighted by Gasteiger charge is 2.25. The minimum atomic E-state index is -0.624. The molecule has 3 rings (SSSR count).